The van der Waals surface area contributed by atoms with Crippen LogP contribution >= 0.6 is 0 Å². The summed E-state index contributed by atoms with van der Waals surface area (Å²) in [6.45, 7) is 9.25. The fourth-order valence-electron chi connectivity index (χ4n) is 5.04. The summed E-state index contributed by atoms with van der Waals surface area (Å²) >= 11 is 0. The fourth-order valence-corrected chi connectivity index (χ4v) is 5.04. The number of hydrazine groups is 1. The molecular weight excluding hydrogens is 510 g/mol. The van der Waals surface area contributed by atoms with Gasteiger partial charge in [-0.2, -0.15) is 0 Å². The van der Waals surface area contributed by atoms with E-state index in [1.54, 1.807) is 13.8 Å². The van der Waals surface area contributed by atoms with E-state index in [-0.39, 0.29) is 29.9 Å². The number of hydrogen-bond acceptors (Lipinski definition) is 7. The summed E-state index contributed by atoms with van der Waals surface area (Å²) in [6.07, 6.45) is -0.117. The van der Waals surface area contributed by atoms with E-state index in [1.807, 2.05) is 69.3 Å². The van der Waals surface area contributed by atoms with E-state index in [9.17, 15) is 19.2 Å². The average molecular weight is 550 g/mol. The quantitative estimate of drug-likeness (QED) is 0.518. The number of fused-ring (bicyclic) bond motifs is 12. The van der Waals surface area contributed by atoms with Crippen LogP contribution < -0.4 is 15.5 Å². The maximum atomic E-state index is 13.2. The van der Waals surface area contributed by atoms with Crippen LogP contribution in [0.4, 0.5) is 0 Å². The number of carbonyl (C=O) groups excluding carboxylic acids is 4. The fraction of sp³-hybridized carbons (Fsp3) is 0.484. The molecule has 0 radical (unpaired) electrons. The first-order valence-corrected chi connectivity index (χ1v) is 14.0. The Bertz CT molecular complexity index is 1240. The summed E-state index contributed by atoms with van der Waals surface area (Å²) in [6, 6.07) is 13.7. The highest BCUT2D eigenvalue weighted by Crippen LogP contribution is 2.28. The van der Waals surface area contributed by atoms with Gasteiger partial charge in [-0.05, 0) is 74.4 Å². The molecule has 214 valence electrons. The Balaban J connectivity index is 1.63. The van der Waals surface area contributed by atoms with Crippen molar-refractivity contribution in [1.29, 1.82) is 0 Å². The second-order valence-electron chi connectivity index (χ2n) is 11.1. The molecule has 0 spiro atoms. The topological polar surface area (TPSA) is 114 Å². The normalized spacial score (nSPS) is 26.9. The van der Waals surface area contributed by atoms with Gasteiger partial charge >= 0.3 is 5.97 Å². The number of benzene rings is 2. The number of rotatable bonds is 1. The number of ketones is 1. The number of nitrogens with zero attached hydrogens (tertiary/aromatic N) is 1. The highest BCUT2D eigenvalue weighted by atomic mass is 16.5. The minimum atomic E-state index is -0.849. The van der Waals surface area contributed by atoms with Crippen LogP contribution in [0.5, 0.6) is 5.75 Å². The van der Waals surface area contributed by atoms with Crippen LogP contribution in [0.25, 0.3) is 11.1 Å². The highest BCUT2D eigenvalue weighted by Gasteiger charge is 2.34. The first-order valence-electron chi connectivity index (χ1n) is 14.0. The molecule has 2 aromatic rings. The molecule has 5 atom stereocenters. The van der Waals surface area contributed by atoms with Crippen molar-refractivity contribution in [2.24, 2.45) is 11.8 Å². The van der Waals surface area contributed by atoms with Crippen LogP contribution in [0.3, 0.4) is 0 Å². The number of esters is 1. The van der Waals surface area contributed by atoms with Crippen molar-refractivity contribution in [3.8, 4) is 16.9 Å². The van der Waals surface area contributed by atoms with Crippen LogP contribution in [0.2, 0.25) is 0 Å². The van der Waals surface area contributed by atoms with Gasteiger partial charge in [-0.1, -0.05) is 44.2 Å². The molecule has 1 fully saturated rings. The van der Waals surface area contributed by atoms with E-state index in [2.05, 4.69) is 10.7 Å². The predicted molar refractivity (Wildman–Crippen MR) is 150 cm³/mol. The molecule has 5 rings (SSSR count). The Morgan fingerprint density at radius 1 is 0.900 bits per heavy atom. The van der Waals surface area contributed by atoms with Gasteiger partial charge in [0.1, 0.15) is 23.9 Å². The summed E-state index contributed by atoms with van der Waals surface area (Å²) in [5, 5.41) is 4.16. The van der Waals surface area contributed by atoms with Gasteiger partial charge in [0.25, 0.3) is 5.91 Å². The lowest BCUT2D eigenvalue weighted by atomic mass is 9.88. The van der Waals surface area contributed by atoms with Gasteiger partial charge in [-0.15, -0.1) is 0 Å². The molecule has 6 bridgehead atoms. The van der Waals surface area contributed by atoms with Gasteiger partial charge < -0.3 is 14.8 Å². The van der Waals surface area contributed by atoms with Gasteiger partial charge in [-0.3, -0.25) is 24.2 Å². The number of ether oxygens (including phenoxy) is 2. The number of amides is 2. The molecule has 0 unspecified atom stereocenters. The molecule has 40 heavy (non-hydrogen) atoms. The molecule has 2 amide bonds. The zero-order valence-corrected chi connectivity index (χ0v) is 23.8. The molecule has 2 aromatic carbocycles. The molecular formula is C31H39N3O6. The molecule has 3 aliphatic rings. The third-order valence-corrected chi connectivity index (χ3v) is 7.63. The van der Waals surface area contributed by atoms with Gasteiger partial charge in [0.2, 0.25) is 5.91 Å². The van der Waals surface area contributed by atoms with Gasteiger partial charge in [0.15, 0.2) is 11.9 Å². The summed E-state index contributed by atoms with van der Waals surface area (Å²) in [5.74, 6) is -1.58. The Morgan fingerprint density at radius 3 is 2.33 bits per heavy atom. The monoisotopic (exact) mass is 549 g/mol. The zero-order chi connectivity index (χ0) is 29.0. The third-order valence-electron chi connectivity index (χ3n) is 7.63. The zero-order valence-electron chi connectivity index (χ0n) is 23.8. The second kappa shape index (κ2) is 12.6. The molecule has 9 nitrogen and oxygen atoms in total. The number of Topliss-reactive ketones (excluding diaryl/α,β-unsaturated/α-hetero) is 1. The first-order chi connectivity index (χ1) is 19.0. The predicted octanol–water partition coefficient (Wildman–Crippen LogP) is 3.97. The van der Waals surface area contributed by atoms with E-state index >= 15 is 0 Å². The second-order valence-corrected chi connectivity index (χ2v) is 11.1. The van der Waals surface area contributed by atoms with Crippen molar-refractivity contribution >= 4 is 23.6 Å². The summed E-state index contributed by atoms with van der Waals surface area (Å²) in [4.78, 5) is 52.5. The smallest absolute Gasteiger partial charge is 0.325 e. The minimum Gasteiger partial charge on any atom is -0.483 e. The number of carbonyl (C=O) groups is 4. The molecule has 0 saturated carbocycles. The lowest BCUT2D eigenvalue weighted by Gasteiger charge is -2.35. The van der Waals surface area contributed by atoms with Crippen molar-refractivity contribution in [1.82, 2.24) is 15.8 Å². The maximum absolute atomic E-state index is 13.2. The van der Waals surface area contributed by atoms with Crippen LogP contribution in [0, 0.1) is 11.8 Å². The summed E-state index contributed by atoms with van der Waals surface area (Å²) < 4.78 is 11.7. The van der Waals surface area contributed by atoms with E-state index in [0.29, 0.717) is 25.1 Å². The minimum absolute atomic E-state index is 0.00941. The van der Waals surface area contributed by atoms with E-state index in [1.165, 1.54) is 5.01 Å². The standard InChI is InChI=1S/C31H39N3O6/c1-18(2)26-17-28(35)21(5)39-25-13-11-22(12-14-25)24-9-6-8-23(16-24)20(4)40-31(38)27-10-7-15-34(33-27)30(37)19(3)32-29(26)36/h6,8-9,11-14,16,18-21,26-27,33H,7,10,15,17H2,1-5H3,(H,32,36)/t19-,20+,21+,26-,27-/m0/s1. The summed E-state index contributed by atoms with van der Waals surface area (Å²) in [7, 11) is 0. The SMILES string of the molecule is CC(C)[C@@H]1CC(=O)[C@@H](C)Oc2ccc(cc2)-c2cccc(c2)[C@@H](C)OC(=O)[C@@H]2CCCN(N2)C(=O)[C@H](C)NC1=O. The number of nitrogens with one attached hydrogen (secondary N) is 2. The van der Waals surface area contributed by atoms with E-state index < -0.39 is 36.2 Å². The molecule has 3 heterocycles. The van der Waals surface area contributed by atoms with E-state index in [4.69, 9.17) is 9.47 Å². The Labute approximate surface area is 235 Å². The highest BCUT2D eigenvalue weighted by molar-refractivity contribution is 5.92. The molecule has 3 aliphatic heterocycles. The lowest BCUT2D eigenvalue weighted by molar-refractivity contribution is -0.157. The van der Waals surface area contributed by atoms with Crippen molar-refractivity contribution in [2.45, 2.75) is 78.2 Å². The first kappa shape index (κ1) is 29.3. The van der Waals surface area contributed by atoms with Gasteiger partial charge in [-0.25, -0.2) is 5.43 Å². The van der Waals surface area contributed by atoms with Gasteiger partial charge in [0.05, 0.1) is 0 Å². The van der Waals surface area contributed by atoms with Crippen molar-refractivity contribution < 1.29 is 28.7 Å². The Kier molecular flexibility index (Phi) is 9.25. The largest absolute Gasteiger partial charge is 0.483 e. The van der Waals surface area contributed by atoms with Crippen LogP contribution in [0.15, 0.2) is 48.5 Å². The molecule has 9 heteroatoms. The van der Waals surface area contributed by atoms with E-state index in [0.717, 1.165) is 16.7 Å². The van der Waals surface area contributed by atoms with Gasteiger partial charge in [0, 0.05) is 18.9 Å². The third kappa shape index (κ3) is 6.88. The Hall–Kier alpha value is -3.72. The van der Waals surface area contributed by atoms with Crippen molar-refractivity contribution in [3.63, 3.8) is 0 Å². The molecule has 2 N–H and O–H groups in total. The molecule has 0 aliphatic carbocycles. The van der Waals surface area contributed by atoms with Crippen molar-refractivity contribution in [2.75, 3.05) is 6.54 Å². The Morgan fingerprint density at radius 2 is 1.62 bits per heavy atom. The maximum Gasteiger partial charge on any atom is 0.325 e. The van der Waals surface area contributed by atoms with Crippen LogP contribution in [-0.4, -0.2) is 53.3 Å². The molecule has 0 aromatic heterocycles. The lowest BCUT2D eigenvalue weighted by Crippen LogP contribution is -2.59. The van der Waals surface area contributed by atoms with Crippen molar-refractivity contribution in [3.05, 3.63) is 54.1 Å². The number of hydrogen-bond donors (Lipinski definition) is 2. The van der Waals surface area contributed by atoms with Crippen LogP contribution in [-0.2, 0) is 23.9 Å². The summed E-state index contributed by atoms with van der Waals surface area (Å²) in [5.41, 5.74) is 5.73. The molecule has 1 saturated heterocycles. The van der Waals surface area contributed by atoms with Crippen LogP contribution in [0.1, 0.15) is 65.5 Å². The average Bonchev–Trinajstić information content (AvgIpc) is 2.95.